The molecule has 0 unspecified atom stereocenters. The number of sulfone groups is 1. The van der Waals surface area contributed by atoms with Crippen molar-refractivity contribution in [2.45, 2.75) is 12.5 Å². The molecule has 0 spiro atoms. The number of rotatable bonds is 4. The van der Waals surface area contributed by atoms with E-state index in [0.29, 0.717) is 11.8 Å². The zero-order valence-corrected chi connectivity index (χ0v) is 13.9. The lowest BCUT2D eigenvalue weighted by atomic mass is 10.2. The van der Waals surface area contributed by atoms with Crippen LogP contribution in [0.2, 0.25) is 0 Å². The quantitative estimate of drug-likeness (QED) is 0.771. The highest BCUT2D eigenvalue weighted by atomic mass is 32.2. The van der Waals surface area contributed by atoms with Crippen LogP contribution in [-0.4, -0.2) is 44.4 Å². The van der Waals surface area contributed by atoms with Crippen molar-refractivity contribution in [2.75, 3.05) is 18.1 Å². The molecule has 9 heteroatoms. The maximum Gasteiger partial charge on any atom is 0.374 e. The topological polar surface area (TPSA) is 120 Å². The van der Waals surface area contributed by atoms with Gasteiger partial charge in [-0.25, -0.2) is 13.2 Å². The molecule has 3 rings (SSSR count). The van der Waals surface area contributed by atoms with E-state index in [2.05, 4.69) is 5.32 Å². The van der Waals surface area contributed by atoms with Gasteiger partial charge in [-0.3, -0.25) is 9.59 Å². The summed E-state index contributed by atoms with van der Waals surface area (Å²) in [6.07, 6.45) is 0.335. The number of hydrogen-bond donors (Lipinski definition) is 1. The van der Waals surface area contributed by atoms with Crippen LogP contribution in [0.15, 0.2) is 39.5 Å². The molecule has 25 heavy (non-hydrogen) atoms. The Morgan fingerprint density at radius 3 is 2.76 bits per heavy atom. The first-order chi connectivity index (χ1) is 11.8. The Morgan fingerprint density at radius 1 is 1.28 bits per heavy atom. The molecule has 1 N–H and O–H groups in total. The molecule has 2 aromatic rings. The van der Waals surface area contributed by atoms with Crippen LogP contribution in [0.4, 0.5) is 0 Å². The predicted molar refractivity (Wildman–Crippen MR) is 88.0 cm³/mol. The van der Waals surface area contributed by atoms with Gasteiger partial charge in [-0.05, 0) is 18.6 Å². The summed E-state index contributed by atoms with van der Waals surface area (Å²) in [4.78, 5) is 35.6. The van der Waals surface area contributed by atoms with Gasteiger partial charge in [0, 0.05) is 12.1 Å². The summed E-state index contributed by atoms with van der Waals surface area (Å²) in [5, 5.41) is 2.83. The number of fused-ring (bicyclic) bond motifs is 1. The van der Waals surface area contributed by atoms with E-state index in [1.807, 2.05) is 0 Å². The van der Waals surface area contributed by atoms with Gasteiger partial charge >= 0.3 is 5.97 Å². The van der Waals surface area contributed by atoms with Gasteiger partial charge in [-0.15, -0.1) is 0 Å². The van der Waals surface area contributed by atoms with Crippen LogP contribution in [-0.2, 0) is 19.4 Å². The number of carbonyl (C=O) groups excluding carboxylic acids is 2. The molecule has 2 heterocycles. The molecule has 1 saturated heterocycles. The molecule has 1 amide bonds. The monoisotopic (exact) mass is 365 g/mol. The highest BCUT2D eigenvalue weighted by molar-refractivity contribution is 7.91. The van der Waals surface area contributed by atoms with Crippen LogP contribution in [0.3, 0.4) is 0 Å². The Hall–Kier alpha value is -2.68. The van der Waals surface area contributed by atoms with E-state index < -0.39 is 39.8 Å². The van der Waals surface area contributed by atoms with Crippen molar-refractivity contribution in [3.8, 4) is 0 Å². The van der Waals surface area contributed by atoms with Gasteiger partial charge in [0.15, 0.2) is 21.9 Å². The van der Waals surface area contributed by atoms with Gasteiger partial charge in [-0.2, -0.15) is 0 Å². The van der Waals surface area contributed by atoms with Crippen LogP contribution < -0.4 is 10.7 Å². The molecule has 132 valence electrons. The molecule has 0 radical (unpaired) electrons. The minimum absolute atomic E-state index is 0.0278. The van der Waals surface area contributed by atoms with E-state index in [0.717, 1.165) is 6.07 Å². The summed E-state index contributed by atoms with van der Waals surface area (Å²) in [5.74, 6) is -1.96. The van der Waals surface area contributed by atoms with E-state index in [1.165, 1.54) is 0 Å². The summed E-state index contributed by atoms with van der Waals surface area (Å²) in [6, 6.07) is 6.97. The minimum Gasteiger partial charge on any atom is -0.450 e. The average Bonchev–Trinajstić information content (AvgIpc) is 2.91. The normalized spacial score (nSPS) is 18.8. The van der Waals surface area contributed by atoms with E-state index in [-0.39, 0.29) is 22.8 Å². The summed E-state index contributed by atoms with van der Waals surface area (Å²) < 4.78 is 32.8. The number of para-hydroxylation sites is 1. The second-order valence-electron chi connectivity index (χ2n) is 5.71. The summed E-state index contributed by atoms with van der Waals surface area (Å²) in [7, 11) is -3.11. The Bertz CT molecular complexity index is 993. The molecule has 1 aliphatic rings. The molecule has 1 aliphatic heterocycles. The molecule has 0 bridgehead atoms. The number of nitrogens with one attached hydrogen (secondary N) is 1. The first-order valence-corrected chi connectivity index (χ1v) is 9.36. The van der Waals surface area contributed by atoms with Gasteiger partial charge in [0.2, 0.25) is 5.76 Å². The lowest BCUT2D eigenvalue weighted by Gasteiger charge is -2.10. The van der Waals surface area contributed by atoms with Crippen LogP contribution in [0.1, 0.15) is 17.0 Å². The molecule has 8 nitrogen and oxygen atoms in total. The third-order valence-corrected chi connectivity index (χ3v) is 5.54. The molecule has 1 atom stereocenters. The number of hydrogen-bond acceptors (Lipinski definition) is 7. The lowest BCUT2D eigenvalue weighted by molar-refractivity contribution is -0.124. The highest BCUT2D eigenvalue weighted by Gasteiger charge is 2.29. The summed E-state index contributed by atoms with van der Waals surface area (Å²) in [5.41, 5.74) is -0.156. The Balaban J connectivity index is 1.61. The standard InChI is InChI=1S/C16H15NO7S/c18-12-7-14(24-13-4-2-1-3-11(12)13)16(20)23-8-15(19)17-10-5-6-25(21,22)9-10/h1-4,7,10H,5-6,8-9H2,(H,17,19)/t10-/m1/s1. The second kappa shape index (κ2) is 6.67. The van der Waals surface area contributed by atoms with E-state index in [4.69, 9.17) is 9.15 Å². The molecular formula is C16H15NO7S. The van der Waals surface area contributed by atoms with Gasteiger partial charge in [0.05, 0.1) is 16.9 Å². The van der Waals surface area contributed by atoms with Crippen molar-refractivity contribution in [3.05, 3.63) is 46.3 Å². The number of benzene rings is 1. The van der Waals surface area contributed by atoms with Crippen LogP contribution >= 0.6 is 0 Å². The second-order valence-corrected chi connectivity index (χ2v) is 7.94. The van der Waals surface area contributed by atoms with Crippen molar-refractivity contribution < 1.29 is 27.2 Å². The van der Waals surface area contributed by atoms with Crippen molar-refractivity contribution in [1.82, 2.24) is 5.32 Å². The third-order valence-electron chi connectivity index (χ3n) is 3.77. The summed E-state index contributed by atoms with van der Waals surface area (Å²) in [6.45, 7) is -0.591. The lowest BCUT2D eigenvalue weighted by Crippen LogP contribution is -2.38. The van der Waals surface area contributed by atoms with Gasteiger partial charge in [-0.1, -0.05) is 12.1 Å². The van der Waals surface area contributed by atoms with Crippen LogP contribution in [0.25, 0.3) is 11.0 Å². The maximum absolute atomic E-state index is 12.0. The third kappa shape index (κ3) is 4.05. The van der Waals surface area contributed by atoms with Crippen molar-refractivity contribution in [2.24, 2.45) is 0 Å². The fourth-order valence-corrected chi connectivity index (χ4v) is 4.26. The fourth-order valence-electron chi connectivity index (χ4n) is 2.58. The predicted octanol–water partition coefficient (Wildman–Crippen LogP) is 0.253. The largest absolute Gasteiger partial charge is 0.450 e. The zero-order chi connectivity index (χ0) is 18.0. The molecule has 1 aromatic heterocycles. The minimum atomic E-state index is -3.11. The van der Waals surface area contributed by atoms with Gasteiger partial charge < -0.3 is 14.5 Å². The Morgan fingerprint density at radius 2 is 2.04 bits per heavy atom. The maximum atomic E-state index is 12.0. The van der Waals surface area contributed by atoms with Gasteiger partial charge in [0.1, 0.15) is 5.58 Å². The first-order valence-electron chi connectivity index (χ1n) is 7.54. The SMILES string of the molecule is O=C(COC(=O)c1cc(=O)c2ccccc2o1)N[C@@H]1CCS(=O)(=O)C1. The number of ether oxygens (including phenoxy) is 1. The van der Waals surface area contributed by atoms with E-state index in [1.54, 1.807) is 24.3 Å². The van der Waals surface area contributed by atoms with Crippen molar-refractivity contribution in [3.63, 3.8) is 0 Å². The Labute approximate surface area is 142 Å². The van der Waals surface area contributed by atoms with Crippen LogP contribution in [0.5, 0.6) is 0 Å². The van der Waals surface area contributed by atoms with Crippen LogP contribution in [0, 0.1) is 0 Å². The smallest absolute Gasteiger partial charge is 0.374 e. The molecule has 1 aromatic carbocycles. The molecule has 0 saturated carbocycles. The van der Waals surface area contributed by atoms with Gasteiger partial charge in [0.25, 0.3) is 5.91 Å². The number of carbonyl (C=O) groups is 2. The first kappa shape index (κ1) is 17.2. The summed E-state index contributed by atoms with van der Waals surface area (Å²) >= 11 is 0. The average molecular weight is 365 g/mol. The zero-order valence-electron chi connectivity index (χ0n) is 13.1. The number of esters is 1. The molecule has 0 aliphatic carbocycles. The van der Waals surface area contributed by atoms with Crippen molar-refractivity contribution >= 4 is 32.7 Å². The molecular weight excluding hydrogens is 350 g/mol. The van der Waals surface area contributed by atoms with E-state index >= 15 is 0 Å². The Kier molecular flexibility index (Phi) is 4.58. The van der Waals surface area contributed by atoms with E-state index in [9.17, 15) is 22.8 Å². The molecule has 1 fully saturated rings. The highest BCUT2D eigenvalue weighted by Crippen LogP contribution is 2.13. The number of amides is 1. The van der Waals surface area contributed by atoms with Crippen molar-refractivity contribution in [1.29, 1.82) is 0 Å². The fraction of sp³-hybridized carbons (Fsp3) is 0.312.